The van der Waals surface area contributed by atoms with Crippen LogP contribution in [0, 0.1) is 39.0 Å². The third-order valence-corrected chi connectivity index (χ3v) is 3.69. The summed E-state index contributed by atoms with van der Waals surface area (Å²) in [6, 6.07) is 8.40. The maximum absolute atomic E-state index is 8.69. The highest BCUT2D eigenvalue weighted by atomic mass is 14.9. The zero-order chi connectivity index (χ0) is 14.7. The summed E-state index contributed by atoms with van der Waals surface area (Å²) in [5, 5.41) is 8.69. The molecule has 0 amide bonds. The van der Waals surface area contributed by atoms with Gasteiger partial charge in [-0.25, -0.2) is 9.97 Å². The van der Waals surface area contributed by atoms with Crippen LogP contribution in [0.2, 0.25) is 0 Å². The Morgan fingerprint density at radius 3 is 2.50 bits per heavy atom. The number of nitriles is 1. The van der Waals surface area contributed by atoms with Crippen LogP contribution in [0.5, 0.6) is 0 Å². The molecule has 0 saturated heterocycles. The van der Waals surface area contributed by atoms with E-state index >= 15 is 0 Å². The Bertz CT molecular complexity index is 681. The van der Waals surface area contributed by atoms with Gasteiger partial charge in [-0.05, 0) is 50.5 Å². The smallest absolute Gasteiger partial charge is 0.130 e. The largest absolute Gasteiger partial charge is 0.238 e. The van der Waals surface area contributed by atoms with Crippen molar-refractivity contribution in [1.82, 2.24) is 9.97 Å². The van der Waals surface area contributed by atoms with Crippen LogP contribution in [0.1, 0.15) is 34.6 Å². The molecule has 1 aromatic carbocycles. The number of rotatable bonds is 3. The van der Waals surface area contributed by atoms with E-state index in [4.69, 9.17) is 5.26 Å². The van der Waals surface area contributed by atoms with E-state index in [2.05, 4.69) is 48.9 Å². The van der Waals surface area contributed by atoms with Crippen molar-refractivity contribution in [2.45, 2.75) is 40.5 Å². The van der Waals surface area contributed by atoms with Crippen LogP contribution in [-0.4, -0.2) is 9.97 Å². The normalized spacial score (nSPS) is 10.3. The lowest BCUT2D eigenvalue weighted by Crippen LogP contribution is -2.00. The lowest BCUT2D eigenvalue weighted by atomic mass is 9.96. The molecule has 0 aliphatic carbocycles. The Morgan fingerprint density at radius 2 is 1.80 bits per heavy atom. The van der Waals surface area contributed by atoms with Crippen LogP contribution in [0.15, 0.2) is 18.2 Å². The highest BCUT2D eigenvalue weighted by Gasteiger charge is 2.09. The topological polar surface area (TPSA) is 49.6 Å². The predicted octanol–water partition coefficient (Wildman–Crippen LogP) is 3.83. The molecular weight excluding hydrogens is 246 g/mol. The van der Waals surface area contributed by atoms with E-state index in [1.165, 1.54) is 16.7 Å². The number of aryl methyl sites for hydroxylation is 3. The molecule has 0 fully saturated rings. The first-order valence-corrected chi connectivity index (χ1v) is 6.81. The van der Waals surface area contributed by atoms with Crippen molar-refractivity contribution in [2.24, 2.45) is 0 Å². The van der Waals surface area contributed by atoms with Crippen LogP contribution in [0.25, 0.3) is 11.3 Å². The molecule has 102 valence electrons. The van der Waals surface area contributed by atoms with Gasteiger partial charge in [0.25, 0.3) is 0 Å². The van der Waals surface area contributed by atoms with Gasteiger partial charge in [0.2, 0.25) is 0 Å². The van der Waals surface area contributed by atoms with Crippen LogP contribution in [0.3, 0.4) is 0 Å². The first-order chi connectivity index (χ1) is 9.52. The van der Waals surface area contributed by atoms with Gasteiger partial charge in [-0.1, -0.05) is 12.1 Å². The van der Waals surface area contributed by atoms with Crippen molar-refractivity contribution in [2.75, 3.05) is 0 Å². The zero-order valence-corrected chi connectivity index (χ0v) is 12.5. The molecule has 0 N–H and O–H groups in total. The summed E-state index contributed by atoms with van der Waals surface area (Å²) in [5.41, 5.74) is 6.90. The van der Waals surface area contributed by atoms with Gasteiger partial charge in [0, 0.05) is 24.1 Å². The van der Waals surface area contributed by atoms with Gasteiger partial charge in [0.1, 0.15) is 5.82 Å². The summed E-state index contributed by atoms with van der Waals surface area (Å²) in [5.74, 6) is 0.749. The molecule has 1 aromatic heterocycles. The van der Waals surface area contributed by atoms with Crippen LogP contribution in [-0.2, 0) is 6.42 Å². The van der Waals surface area contributed by atoms with Gasteiger partial charge in [0.15, 0.2) is 0 Å². The molecule has 0 radical (unpaired) electrons. The van der Waals surface area contributed by atoms with Crippen LogP contribution >= 0.6 is 0 Å². The summed E-state index contributed by atoms with van der Waals surface area (Å²) in [7, 11) is 0. The first-order valence-electron chi connectivity index (χ1n) is 6.81. The van der Waals surface area contributed by atoms with Gasteiger partial charge in [-0.2, -0.15) is 5.26 Å². The fraction of sp³-hybridized carbons (Fsp3) is 0.353. The lowest BCUT2D eigenvalue weighted by Gasteiger charge is -2.12. The predicted molar refractivity (Wildman–Crippen MR) is 80.4 cm³/mol. The number of nitrogens with zero attached hydrogens (tertiary/aromatic N) is 3. The zero-order valence-electron chi connectivity index (χ0n) is 12.5. The maximum Gasteiger partial charge on any atom is 0.130 e. The molecule has 2 rings (SSSR count). The van der Waals surface area contributed by atoms with Gasteiger partial charge in [-0.15, -0.1) is 0 Å². The summed E-state index contributed by atoms with van der Waals surface area (Å²) in [4.78, 5) is 9.02. The van der Waals surface area contributed by atoms with Crippen LogP contribution in [0.4, 0.5) is 0 Å². The van der Waals surface area contributed by atoms with Gasteiger partial charge >= 0.3 is 0 Å². The molecule has 0 atom stereocenters. The Labute approximate surface area is 120 Å². The van der Waals surface area contributed by atoms with Crippen molar-refractivity contribution in [1.29, 1.82) is 5.26 Å². The minimum atomic E-state index is 0.453. The minimum absolute atomic E-state index is 0.453. The number of benzene rings is 1. The number of aromatic nitrogens is 2. The number of hydrogen-bond acceptors (Lipinski definition) is 3. The molecule has 1 heterocycles. The van der Waals surface area contributed by atoms with Crippen molar-refractivity contribution in [3.05, 3.63) is 46.4 Å². The van der Waals surface area contributed by atoms with E-state index in [-0.39, 0.29) is 0 Å². The van der Waals surface area contributed by atoms with Crippen LogP contribution < -0.4 is 0 Å². The Morgan fingerprint density at radius 1 is 1.05 bits per heavy atom. The minimum Gasteiger partial charge on any atom is -0.238 e. The van der Waals surface area contributed by atoms with Crippen molar-refractivity contribution in [3.63, 3.8) is 0 Å². The van der Waals surface area contributed by atoms with Crippen molar-refractivity contribution >= 4 is 0 Å². The molecule has 20 heavy (non-hydrogen) atoms. The molecule has 0 unspecified atom stereocenters. The second-order valence-electron chi connectivity index (χ2n) is 5.15. The van der Waals surface area contributed by atoms with E-state index in [0.717, 1.165) is 22.8 Å². The third kappa shape index (κ3) is 2.85. The Balaban J connectivity index is 2.50. The second-order valence-corrected chi connectivity index (χ2v) is 5.15. The standard InChI is InChI=1S/C17H19N3/c1-11-7-8-15(14(4)13(11)3)16-10-12(2)19-17(20-16)6-5-9-18/h7-8,10H,5-6H2,1-4H3. The molecule has 0 bridgehead atoms. The summed E-state index contributed by atoms with van der Waals surface area (Å²) in [6.45, 7) is 8.36. The fourth-order valence-corrected chi connectivity index (χ4v) is 2.28. The van der Waals surface area contributed by atoms with E-state index in [1.54, 1.807) is 0 Å². The van der Waals surface area contributed by atoms with E-state index in [1.807, 2.05) is 13.0 Å². The lowest BCUT2D eigenvalue weighted by molar-refractivity contribution is 0.872. The maximum atomic E-state index is 8.69. The van der Waals surface area contributed by atoms with Gasteiger partial charge in [-0.3, -0.25) is 0 Å². The SMILES string of the molecule is Cc1cc(-c2ccc(C)c(C)c2C)nc(CCC#N)n1. The third-order valence-electron chi connectivity index (χ3n) is 3.69. The summed E-state index contributed by atoms with van der Waals surface area (Å²) >= 11 is 0. The average molecular weight is 265 g/mol. The Hall–Kier alpha value is -2.21. The average Bonchev–Trinajstić information content (AvgIpc) is 2.42. The molecule has 0 aliphatic rings. The quantitative estimate of drug-likeness (QED) is 0.847. The monoisotopic (exact) mass is 265 g/mol. The fourth-order valence-electron chi connectivity index (χ4n) is 2.28. The second kappa shape index (κ2) is 5.83. The van der Waals surface area contributed by atoms with E-state index < -0.39 is 0 Å². The van der Waals surface area contributed by atoms with Crippen molar-refractivity contribution in [3.8, 4) is 17.3 Å². The summed E-state index contributed by atoms with van der Waals surface area (Å²) in [6.07, 6.45) is 1.06. The van der Waals surface area contributed by atoms with Gasteiger partial charge in [0.05, 0.1) is 11.8 Å². The molecule has 0 saturated carbocycles. The van der Waals surface area contributed by atoms with E-state index in [0.29, 0.717) is 12.8 Å². The Kier molecular flexibility index (Phi) is 4.14. The van der Waals surface area contributed by atoms with E-state index in [9.17, 15) is 0 Å². The molecule has 3 heteroatoms. The van der Waals surface area contributed by atoms with Gasteiger partial charge < -0.3 is 0 Å². The molecule has 2 aromatic rings. The summed E-state index contributed by atoms with van der Waals surface area (Å²) < 4.78 is 0. The molecule has 3 nitrogen and oxygen atoms in total. The number of hydrogen-bond donors (Lipinski definition) is 0. The molecule has 0 aliphatic heterocycles. The van der Waals surface area contributed by atoms with Crippen molar-refractivity contribution < 1.29 is 0 Å². The first kappa shape index (κ1) is 14.2. The molecule has 0 spiro atoms. The highest BCUT2D eigenvalue weighted by Crippen LogP contribution is 2.26. The molecular formula is C17H19N3. The highest BCUT2D eigenvalue weighted by molar-refractivity contribution is 5.66.